The van der Waals surface area contributed by atoms with Crippen molar-refractivity contribution in [1.82, 2.24) is 14.9 Å². The van der Waals surface area contributed by atoms with E-state index >= 15 is 0 Å². The SMILES string of the molecule is CN1C(=O)c2ccc(NC(=O)COC(=O)c3nccnc3N)cc2C1=O. The average molecular weight is 355 g/mol. The van der Waals surface area contributed by atoms with E-state index < -0.39 is 30.3 Å². The number of carbonyl (C=O) groups excluding carboxylic acids is 4. The lowest BCUT2D eigenvalue weighted by molar-refractivity contribution is -0.119. The van der Waals surface area contributed by atoms with Gasteiger partial charge in [-0.3, -0.25) is 19.3 Å². The first-order chi connectivity index (χ1) is 12.4. The van der Waals surface area contributed by atoms with Crippen LogP contribution in [0.1, 0.15) is 31.2 Å². The van der Waals surface area contributed by atoms with E-state index in [0.29, 0.717) is 5.69 Å². The van der Waals surface area contributed by atoms with Gasteiger partial charge in [0, 0.05) is 25.1 Å². The van der Waals surface area contributed by atoms with Crippen LogP contribution in [0.2, 0.25) is 0 Å². The summed E-state index contributed by atoms with van der Waals surface area (Å²) in [5.41, 5.74) is 6.06. The molecule has 26 heavy (non-hydrogen) atoms. The van der Waals surface area contributed by atoms with Gasteiger partial charge < -0.3 is 15.8 Å². The third-order valence-electron chi connectivity index (χ3n) is 3.63. The number of aromatic nitrogens is 2. The number of nitrogen functional groups attached to an aromatic ring is 1. The minimum absolute atomic E-state index is 0.108. The van der Waals surface area contributed by atoms with Crippen molar-refractivity contribution in [2.24, 2.45) is 0 Å². The Bertz CT molecular complexity index is 942. The van der Waals surface area contributed by atoms with Gasteiger partial charge in [-0.2, -0.15) is 0 Å². The Morgan fingerprint density at radius 3 is 2.58 bits per heavy atom. The molecule has 0 unspecified atom stereocenters. The van der Waals surface area contributed by atoms with Gasteiger partial charge in [0.1, 0.15) is 0 Å². The van der Waals surface area contributed by atoms with Crippen molar-refractivity contribution in [3.05, 3.63) is 47.4 Å². The lowest BCUT2D eigenvalue weighted by Crippen LogP contribution is -2.24. The number of hydrogen-bond donors (Lipinski definition) is 2. The van der Waals surface area contributed by atoms with Crippen LogP contribution in [0, 0.1) is 0 Å². The number of nitrogens with two attached hydrogens (primary N) is 1. The molecule has 0 bridgehead atoms. The van der Waals surface area contributed by atoms with E-state index in [1.165, 1.54) is 37.6 Å². The molecule has 132 valence electrons. The number of carbonyl (C=O) groups is 4. The molecule has 0 saturated heterocycles. The zero-order valence-electron chi connectivity index (χ0n) is 13.6. The van der Waals surface area contributed by atoms with Gasteiger partial charge in [-0.15, -0.1) is 0 Å². The Labute approximate surface area is 147 Å². The number of esters is 1. The van der Waals surface area contributed by atoms with Crippen LogP contribution in [0.15, 0.2) is 30.6 Å². The second-order valence-corrected chi connectivity index (χ2v) is 5.34. The second kappa shape index (κ2) is 6.59. The van der Waals surface area contributed by atoms with Gasteiger partial charge in [0.05, 0.1) is 11.1 Å². The van der Waals surface area contributed by atoms with Gasteiger partial charge in [-0.25, -0.2) is 14.8 Å². The van der Waals surface area contributed by atoms with E-state index in [4.69, 9.17) is 10.5 Å². The smallest absolute Gasteiger partial charge is 0.361 e. The van der Waals surface area contributed by atoms with Crippen molar-refractivity contribution in [2.45, 2.75) is 0 Å². The summed E-state index contributed by atoms with van der Waals surface area (Å²) in [4.78, 5) is 55.9. The second-order valence-electron chi connectivity index (χ2n) is 5.34. The number of anilines is 2. The Balaban J connectivity index is 1.63. The summed E-state index contributed by atoms with van der Waals surface area (Å²) >= 11 is 0. The van der Waals surface area contributed by atoms with Crippen molar-refractivity contribution >= 4 is 35.2 Å². The topological polar surface area (TPSA) is 145 Å². The summed E-state index contributed by atoms with van der Waals surface area (Å²) in [7, 11) is 1.38. The summed E-state index contributed by atoms with van der Waals surface area (Å²) in [6.45, 7) is -0.585. The van der Waals surface area contributed by atoms with Gasteiger partial charge in [-0.05, 0) is 18.2 Å². The number of nitrogens with zero attached hydrogens (tertiary/aromatic N) is 3. The Morgan fingerprint density at radius 2 is 1.85 bits per heavy atom. The summed E-state index contributed by atoms with van der Waals surface area (Å²) in [6, 6.07) is 4.31. The van der Waals surface area contributed by atoms with Crippen molar-refractivity contribution in [2.75, 3.05) is 24.7 Å². The van der Waals surface area contributed by atoms with Crippen LogP contribution < -0.4 is 11.1 Å². The molecule has 10 heteroatoms. The first kappa shape index (κ1) is 17.0. The fourth-order valence-corrected chi connectivity index (χ4v) is 2.34. The molecule has 3 rings (SSSR count). The average Bonchev–Trinajstić information content (AvgIpc) is 2.84. The van der Waals surface area contributed by atoms with Crippen LogP contribution in [0.25, 0.3) is 0 Å². The van der Waals surface area contributed by atoms with Gasteiger partial charge in [0.25, 0.3) is 17.7 Å². The molecular formula is C16H13N5O5. The number of amides is 3. The van der Waals surface area contributed by atoms with Crippen LogP contribution in [-0.4, -0.2) is 52.2 Å². The minimum atomic E-state index is -0.887. The Kier molecular flexibility index (Phi) is 4.31. The number of nitrogens with one attached hydrogen (secondary N) is 1. The van der Waals surface area contributed by atoms with Crippen LogP contribution in [0.4, 0.5) is 11.5 Å². The number of hydrogen-bond acceptors (Lipinski definition) is 8. The quantitative estimate of drug-likeness (QED) is 0.579. The summed E-state index contributed by atoms with van der Waals surface area (Å²) in [6.07, 6.45) is 2.59. The van der Waals surface area contributed by atoms with Gasteiger partial charge in [0.15, 0.2) is 18.1 Å². The van der Waals surface area contributed by atoms with Gasteiger partial charge in [0.2, 0.25) is 0 Å². The minimum Gasteiger partial charge on any atom is -0.451 e. The van der Waals surface area contributed by atoms with Crippen molar-refractivity contribution < 1.29 is 23.9 Å². The highest BCUT2D eigenvalue weighted by atomic mass is 16.5. The molecule has 2 aromatic rings. The summed E-state index contributed by atoms with van der Waals surface area (Å²) < 4.78 is 4.83. The molecule has 0 atom stereocenters. The van der Waals surface area contributed by atoms with E-state index in [2.05, 4.69) is 15.3 Å². The van der Waals surface area contributed by atoms with Crippen molar-refractivity contribution in [3.8, 4) is 0 Å². The number of fused-ring (bicyclic) bond motifs is 1. The first-order valence-corrected chi connectivity index (χ1v) is 7.38. The number of ether oxygens (including phenoxy) is 1. The van der Waals surface area contributed by atoms with E-state index in [0.717, 1.165) is 4.90 Å². The predicted molar refractivity (Wildman–Crippen MR) is 88.2 cm³/mol. The molecule has 10 nitrogen and oxygen atoms in total. The highest BCUT2D eigenvalue weighted by Gasteiger charge is 2.32. The molecule has 1 aliphatic rings. The molecular weight excluding hydrogens is 342 g/mol. The molecule has 3 amide bonds. The largest absolute Gasteiger partial charge is 0.451 e. The molecule has 0 fully saturated rings. The number of imide groups is 1. The van der Waals surface area contributed by atoms with Crippen molar-refractivity contribution in [3.63, 3.8) is 0 Å². The zero-order chi connectivity index (χ0) is 18.8. The third-order valence-corrected chi connectivity index (χ3v) is 3.63. The number of rotatable bonds is 4. The maximum absolute atomic E-state index is 11.9. The fraction of sp³-hybridized carbons (Fsp3) is 0.125. The third kappa shape index (κ3) is 3.07. The van der Waals surface area contributed by atoms with Crippen LogP contribution >= 0.6 is 0 Å². The molecule has 2 heterocycles. The number of benzene rings is 1. The van der Waals surface area contributed by atoms with Gasteiger partial charge >= 0.3 is 5.97 Å². The van der Waals surface area contributed by atoms with Crippen LogP contribution in [0.3, 0.4) is 0 Å². The summed E-state index contributed by atoms with van der Waals surface area (Å²) in [5, 5.41) is 2.48. The first-order valence-electron chi connectivity index (χ1n) is 7.38. The maximum atomic E-state index is 11.9. The van der Waals surface area contributed by atoms with E-state index in [9.17, 15) is 19.2 Å². The molecule has 0 radical (unpaired) electrons. The predicted octanol–water partition coefficient (Wildman–Crippen LogP) is 0.0801. The fourth-order valence-electron chi connectivity index (χ4n) is 2.34. The lowest BCUT2D eigenvalue weighted by Gasteiger charge is -2.07. The van der Waals surface area contributed by atoms with Crippen LogP contribution in [0.5, 0.6) is 0 Å². The highest BCUT2D eigenvalue weighted by Crippen LogP contribution is 2.24. The monoisotopic (exact) mass is 355 g/mol. The zero-order valence-corrected chi connectivity index (χ0v) is 13.6. The van der Waals surface area contributed by atoms with Crippen LogP contribution in [-0.2, 0) is 9.53 Å². The van der Waals surface area contributed by atoms with Gasteiger partial charge in [-0.1, -0.05) is 0 Å². The highest BCUT2D eigenvalue weighted by molar-refractivity contribution is 6.21. The standard InChI is InChI=1S/C16H13N5O5/c1-21-14(23)9-3-2-8(6-10(9)15(21)24)20-11(22)7-26-16(25)12-13(17)19-5-4-18-12/h2-6H,7H2,1H3,(H2,17,19)(H,20,22). The molecule has 1 aliphatic heterocycles. The molecule has 0 spiro atoms. The maximum Gasteiger partial charge on any atom is 0.361 e. The molecule has 0 saturated carbocycles. The Hall–Kier alpha value is -3.82. The lowest BCUT2D eigenvalue weighted by atomic mass is 10.1. The van der Waals surface area contributed by atoms with E-state index in [-0.39, 0.29) is 22.6 Å². The summed E-state index contributed by atoms with van der Waals surface area (Å²) in [5.74, 6) is -2.49. The molecule has 1 aromatic heterocycles. The van der Waals surface area contributed by atoms with E-state index in [1.807, 2.05) is 0 Å². The molecule has 0 aliphatic carbocycles. The molecule has 1 aromatic carbocycles. The van der Waals surface area contributed by atoms with E-state index in [1.54, 1.807) is 0 Å². The Morgan fingerprint density at radius 1 is 1.15 bits per heavy atom. The molecule has 3 N–H and O–H groups in total. The normalized spacial score (nSPS) is 12.7. The van der Waals surface area contributed by atoms with Crippen molar-refractivity contribution in [1.29, 1.82) is 0 Å².